The summed E-state index contributed by atoms with van der Waals surface area (Å²) < 4.78 is 4.66. The van der Waals surface area contributed by atoms with Gasteiger partial charge in [0.1, 0.15) is 5.00 Å². The van der Waals surface area contributed by atoms with E-state index in [-0.39, 0.29) is 21.5 Å². The van der Waals surface area contributed by atoms with Crippen LogP contribution in [0.15, 0.2) is 29.6 Å². The van der Waals surface area contributed by atoms with Crippen LogP contribution in [-0.4, -0.2) is 23.1 Å². The fraction of sp³-hybridized carbons (Fsp3) is 0.0769. The van der Waals surface area contributed by atoms with Gasteiger partial charge in [0.15, 0.2) is 5.11 Å². The van der Waals surface area contributed by atoms with Crippen molar-refractivity contribution < 1.29 is 14.5 Å². The fourth-order valence-corrected chi connectivity index (χ4v) is 2.88. The number of nitro groups is 1. The Balaban J connectivity index is 2.14. The van der Waals surface area contributed by atoms with Crippen LogP contribution in [0.1, 0.15) is 10.4 Å². The lowest BCUT2D eigenvalue weighted by atomic mass is 10.3. The number of nitrogens with zero attached hydrogens (tertiary/aromatic N) is 1. The number of methoxy groups -OCH3 is 1. The van der Waals surface area contributed by atoms with Crippen LogP contribution in [0.3, 0.4) is 0 Å². The predicted molar refractivity (Wildman–Crippen MR) is 93.6 cm³/mol. The Morgan fingerprint density at radius 3 is 2.78 bits per heavy atom. The molecule has 0 aliphatic carbocycles. The van der Waals surface area contributed by atoms with Gasteiger partial charge in [-0.2, -0.15) is 0 Å². The molecule has 2 rings (SSSR count). The normalized spacial score (nSPS) is 10.0. The fourth-order valence-electron chi connectivity index (χ4n) is 1.66. The van der Waals surface area contributed by atoms with Gasteiger partial charge in [0, 0.05) is 12.1 Å². The van der Waals surface area contributed by atoms with Crippen LogP contribution in [-0.2, 0) is 4.74 Å². The SMILES string of the molecule is COC(=O)c1ccsc1NC(=S)Nc1cc([N+](=O)[O-])ccc1Cl. The number of thiocarbonyl (C=S) groups is 1. The number of esters is 1. The van der Waals surface area contributed by atoms with Gasteiger partial charge in [0.25, 0.3) is 5.69 Å². The molecule has 0 unspecified atom stereocenters. The molecule has 1 aromatic heterocycles. The maximum absolute atomic E-state index is 11.6. The van der Waals surface area contributed by atoms with Crippen LogP contribution in [0, 0.1) is 10.1 Å². The van der Waals surface area contributed by atoms with Crippen molar-refractivity contribution in [3.63, 3.8) is 0 Å². The zero-order valence-corrected chi connectivity index (χ0v) is 14.1. The highest BCUT2D eigenvalue weighted by Gasteiger charge is 2.15. The highest BCUT2D eigenvalue weighted by molar-refractivity contribution is 7.80. The molecule has 0 fully saturated rings. The molecule has 0 aliphatic rings. The van der Waals surface area contributed by atoms with E-state index in [0.29, 0.717) is 10.6 Å². The van der Waals surface area contributed by atoms with Crippen molar-refractivity contribution in [3.05, 3.63) is 50.3 Å². The van der Waals surface area contributed by atoms with Gasteiger partial charge >= 0.3 is 5.97 Å². The quantitative estimate of drug-likeness (QED) is 0.364. The predicted octanol–water partition coefficient (Wildman–Crippen LogP) is 3.91. The number of ether oxygens (including phenoxy) is 1. The third kappa shape index (κ3) is 4.15. The number of non-ortho nitro benzene ring substituents is 1. The summed E-state index contributed by atoms with van der Waals surface area (Å²) in [5.74, 6) is -0.495. The molecule has 0 spiro atoms. The highest BCUT2D eigenvalue weighted by Crippen LogP contribution is 2.28. The molecule has 23 heavy (non-hydrogen) atoms. The van der Waals surface area contributed by atoms with Crippen molar-refractivity contribution >= 4 is 62.6 Å². The van der Waals surface area contributed by atoms with E-state index in [1.54, 1.807) is 11.4 Å². The second kappa shape index (κ2) is 7.36. The number of nitro benzene ring substituents is 1. The molecule has 2 N–H and O–H groups in total. The summed E-state index contributed by atoms with van der Waals surface area (Å²) in [7, 11) is 1.28. The Hall–Kier alpha value is -2.23. The van der Waals surface area contributed by atoms with E-state index in [1.807, 2.05) is 0 Å². The van der Waals surface area contributed by atoms with E-state index < -0.39 is 10.9 Å². The number of rotatable bonds is 4. The summed E-state index contributed by atoms with van der Waals surface area (Å²) in [5, 5.41) is 19.0. The maximum atomic E-state index is 11.6. The van der Waals surface area contributed by atoms with Crippen LogP contribution in [0.5, 0.6) is 0 Å². The van der Waals surface area contributed by atoms with Crippen molar-refractivity contribution in [2.75, 3.05) is 17.7 Å². The number of carbonyl (C=O) groups is 1. The summed E-state index contributed by atoms with van der Waals surface area (Å²) in [6.45, 7) is 0. The highest BCUT2D eigenvalue weighted by atomic mass is 35.5. The first-order chi connectivity index (χ1) is 10.9. The summed E-state index contributed by atoms with van der Waals surface area (Å²) in [5.41, 5.74) is 0.507. The zero-order valence-electron chi connectivity index (χ0n) is 11.7. The number of thiophene rings is 1. The average Bonchev–Trinajstić information content (AvgIpc) is 2.96. The van der Waals surface area contributed by atoms with Crippen LogP contribution in [0.2, 0.25) is 5.02 Å². The number of nitrogens with one attached hydrogen (secondary N) is 2. The zero-order chi connectivity index (χ0) is 17.0. The smallest absolute Gasteiger partial charge is 0.340 e. The van der Waals surface area contributed by atoms with Crippen LogP contribution in [0.25, 0.3) is 0 Å². The minimum atomic E-state index is -0.535. The maximum Gasteiger partial charge on any atom is 0.340 e. The molecule has 120 valence electrons. The molecule has 0 saturated heterocycles. The first kappa shape index (κ1) is 17.1. The average molecular weight is 372 g/mol. The van der Waals surface area contributed by atoms with Gasteiger partial charge in [-0.25, -0.2) is 4.79 Å². The molecule has 0 aliphatic heterocycles. The molecule has 0 amide bonds. The molecule has 2 aromatic rings. The first-order valence-electron chi connectivity index (χ1n) is 6.10. The lowest BCUT2D eigenvalue weighted by molar-refractivity contribution is -0.384. The van der Waals surface area contributed by atoms with Crippen molar-refractivity contribution in [2.45, 2.75) is 0 Å². The Labute approximate surface area is 145 Å². The molecular formula is C13H10ClN3O4S2. The monoisotopic (exact) mass is 371 g/mol. The van der Waals surface area contributed by atoms with Gasteiger partial charge in [-0.3, -0.25) is 10.1 Å². The Morgan fingerprint density at radius 2 is 2.13 bits per heavy atom. The molecule has 10 heteroatoms. The van der Waals surface area contributed by atoms with Gasteiger partial charge in [-0.05, 0) is 29.7 Å². The van der Waals surface area contributed by atoms with E-state index in [2.05, 4.69) is 15.4 Å². The summed E-state index contributed by atoms with van der Waals surface area (Å²) in [4.78, 5) is 21.9. The number of halogens is 1. The van der Waals surface area contributed by atoms with E-state index in [1.165, 1.54) is 36.6 Å². The number of benzene rings is 1. The lowest BCUT2D eigenvalue weighted by Crippen LogP contribution is -2.20. The Kier molecular flexibility index (Phi) is 5.48. The second-order valence-corrected chi connectivity index (χ2v) is 5.89. The first-order valence-corrected chi connectivity index (χ1v) is 7.76. The molecule has 1 heterocycles. The summed E-state index contributed by atoms with van der Waals surface area (Å²) in [6, 6.07) is 5.56. The lowest BCUT2D eigenvalue weighted by Gasteiger charge is -2.11. The van der Waals surface area contributed by atoms with Crippen molar-refractivity contribution in [3.8, 4) is 0 Å². The van der Waals surface area contributed by atoms with Crippen molar-refractivity contribution in [1.82, 2.24) is 0 Å². The second-order valence-electron chi connectivity index (χ2n) is 4.16. The largest absolute Gasteiger partial charge is 0.465 e. The summed E-state index contributed by atoms with van der Waals surface area (Å²) in [6.07, 6.45) is 0. The van der Waals surface area contributed by atoms with Crippen LogP contribution in [0.4, 0.5) is 16.4 Å². The number of carbonyl (C=O) groups excluding carboxylic acids is 1. The molecule has 1 aromatic carbocycles. The van der Waals surface area contributed by atoms with E-state index in [4.69, 9.17) is 23.8 Å². The number of hydrogen-bond donors (Lipinski definition) is 2. The van der Waals surface area contributed by atoms with E-state index in [9.17, 15) is 14.9 Å². The minimum Gasteiger partial charge on any atom is -0.465 e. The van der Waals surface area contributed by atoms with Crippen LogP contribution >= 0.6 is 35.2 Å². The van der Waals surface area contributed by atoms with E-state index in [0.717, 1.165) is 0 Å². The van der Waals surface area contributed by atoms with Gasteiger partial charge in [0.2, 0.25) is 0 Å². The van der Waals surface area contributed by atoms with Gasteiger partial charge in [-0.15, -0.1) is 11.3 Å². The summed E-state index contributed by atoms with van der Waals surface area (Å²) >= 11 is 12.4. The third-order valence-corrected chi connectivity index (χ3v) is 4.07. The molecule has 7 nitrogen and oxygen atoms in total. The minimum absolute atomic E-state index is 0.119. The Bertz CT molecular complexity index is 778. The molecule has 0 saturated carbocycles. The molecule has 0 radical (unpaired) electrons. The topological polar surface area (TPSA) is 93.5 Å². The third-order valence-electron chi connectivity index (χ3n) is 2.71. The van der Waals surface area contributed by atoms with E-state index >= 15 is 0 Å². The number of hydrogen-bond acceptors (Lipinski definition) is 6. The number of anilines is 2. The van der Waals surface area contributed by atoms with Crippen molar-refractivity contribution in [2.24, 2.45) is 0 Å². The molecule has 0 bridgehead atoms. The Morgan fingerprint density at radius 1 is 1.39 bits per heavy atom. The molecule has 0 atom stereocenters. The van der Waals surface area contributed by atoms with Crippen LogP contribution < -0.4 is 10.6 Å². The van der Waals surface area contributed by atoms with Gasteiger partial charge in [0.05, 0.1) is 28.3 Å². The standard InChI is InChI=1S/C13H10ClN3O4S2/c1-21-12(18)8-4-5-23-11(8)16-13(22)15-10-6-7(17(19)20)2-3-9(10)14/h2-6H,1H3,(H2,15,16,22). The van der Waals surface area contributed by atoms with Crippen molar-refractivity contribution in [1.29, 1.82) is 0 Å². The molecular weight excluding hydrogens is 362 g/mol. The van der Waals surface area contributed by atoms with Gasteiger partial charge < -0.3 is 15.4 Å². The van der Waals surface area contributed by atoms with Gasteiger partial charge in [-0.1, -0.05) is 11.6 Å².